The number of hydrogen-bond donors (Lipinski definition) is 0. The van der Waals surface area contributed by atoms with Crippen LogP contribution in [0.1, 0.15) is 5.56 Å². The first-order chi connectivity index (χ1) is 9.28. The second kappa shape index (κ2) is 6.45. The van der Waals surface area contributed by atoms with Crippen molar-refractivity contribution in [3.05, 3.63) is 25.9 Å². The molecule has 2 rings (SSSR count). The Morgan fingerprint density at radius 2 is 2.05 bits per heavy atom. The molecule has 0 amide bonds. The van der Waals surface area contributed by atoms with Gasteiger partial charge in [-0.2, -0.15) is 5.10 Å². The second-order valence-corrected chi connectivity index (χ2v) is 13.8. The van der Waals surface area contributed by atoms with Gasteiger partial charge >= 0.3 is 0 Å². The standard InChI is InChI=1S/C14H20BrIN2OSi/c1-10-7-13-11(8-12(10)15)14(16)17-18(13)9-19-5-6-20(2,3)4/h7-8H,5-6,9H2,1-4H3. The molecule has 1 aromatic carbocycles. The van der Waals surface area contributed by atoms with Crippen LogP contribution in [0.15, 0.2) is 16.6 Å². The zero-order valence-electron chi connectivity index (χ0n) is 12.3. The maximum absolute atomic E-state index is 5.81. The van der Waals surface area contributed by atoms with Gasteiger partial charge in [-0.15, -0.1) is 0 Å². The summed E-state index contributed by atoms with van der Waals surface area (Å²) in [7, 11) is -1.02. The molecule has 20 heavy (non-hydrogen) atoms. The van der Waals surface area contributed by atoms with Crippen LogP contribution < -0.4 is 0 Å². The van der Waals surface area contributed by atoms with Crippen LogP contribution >= 0.6 is 38.5 Å². The van der Waals surface area contributed by atoms with E-state index in [1.54, 1.807) is 0 Å². The van der Waals surface area contributed by atoms with Crippen LogP contribution in [0.2, 0.25) is 25.7 Å². The molecule has 0 bridgehead atoms. The van der Waals surface area contributed by atoms with Gasteiger partial charge in [0.1, 0.15) is 10.4 Å². The zero-order chi connectivity index (χ0) is 14.9. The number of fused-ring (bicyclic) bond motifs is 1. The van der Waals surface area contributed by atoms with Crippen molar-refractivity contribution in [2.75, 3.05) is 6.61 Å². The normalized spacial score (nSPS) is 12.3. The number of aromatic nitrogens is 2. The molecule has 0 saturated carbocycles. The SMILES string of the molecule is Cc1cc2c(cc1Br)c(I)nn2COCC[Si](C)(C)C. The van der Waals surface area contributed by atoms with E-state index in [9.17, 15) is 0 Å². The summed E-state index contributed by atoms with van der Waals surface area (Å²) < 4.78 is 9.91. The first kappa shape index (κ1) is 16.4. The van der Waals surface area contributed by atoms with Crippen molar-refractivity contribution in [3.63, 3.8) is 0 Å². The molecule has 1 heterocycles. The van der Waals surface area contributed by atoms with E-state index >= 15 is 0 Å². The Bertz CT molecular complexity index is 622. The number of hydrogen-bond acceptors (Lipinski definition) is 2. The van der Waals surface area contributed by atoms with Gasteiger partial charge in [-0.25, -0.2) is 4.68 Å². The minimum atomic E-state index is -1.02. The molecule has 3 nitrogen and oxygen atoms in total. The largest absolute Gasteiger partial charge is 0.360 e. The first-order valence-electron chi connectivity index (χ1n) is 6.68. The summed E-state index contributed by atoms with van der Waals surface area (Å²) >= 11 is 5.86. The number of halogens is 2. The molecule has 1 aromatic heterocycles. The van der Waals surface area contributed by atoms with Gasteiger partial charge in [-0.1, -0.05) is 35.6 Å². The van der Waals surface area contributed by atoms with E-state index < -0.39 is 8.07 Å². The van der Waals surface area contributed by atoms with E-state index in [-0.39, 0.29) is 0 Å². The molecular weight excluding hydrogens is 447 g/mol. The van der Waals surface area contributed by atoms with Crippen molar-refractivity contribution in [2.24, 2.45) is 0 Å². The van der Waals surface area contributed by atoms with Crippen molar-refractivity contribution < 1.29 is 4.74 Å². The van der Waals surface area contributed by atoms with Crippen molar-refractivity contribution in [1.82, 2.24) is 9.78 Å². The maximum Gasteiger partial charge on any atom is 0.140 e. The van der Waals surface area contributed by atoms with E-state index in [2.05, 4.69) is 82.3 Å². The lowest BCUT2D eigenvalue weighted by molar-refractivity contribution is 0.0814. The molecule has 0 aliphatic heterocycles. The number of benzene rings is 1. The van der Waals surface area contributed by atoms with Gasteiger partial charge in [-0.3, -0.25) is 0 Å². The smallest absolute Gasteiger partial charge is 0.140 e. The lowest BCUT2D eigenvalue weighted by Gasteiger charge is -2.15. The third kappa shape index (κ3) is 4.05. The fraction of sp³-hybridized carbons (Fsp3) is 0.500. The summed E-state index contributed by atoms with van der Waals surface area (Å²) in [4.78, 5) is 0. The quantitative estimate of drug-likeness (QED) is 0.351. The Morgan fingerprint density at radius 3 is 2.70 bits per heavy atom. The van der Waals surface area contributed by atoms with Gasteiger partial charge in [0, 0.05) is 24.5 Å². The molecule has 0 N–H and O–H groups in total. The minimum Gasteiger partial charge on any atom is -0.360 e. The molecule has 110 valence electrons. The van der Waals surface area contributed by atoms with Crippen LogP contribution in [0.3, 0.4) is 0 Å². The zero-order valence-corrected chi connectivity index (χ0v) is 17.1. The predicted octanol–water partition coefficient (Wildman–Crippen LogP) is 5.02. The Morgan fingerprint density at radius 1 is 1.35 bits per heavy atom. The summed E-state index contributed by atoms with van der Waals surface area (Å²) in [5, 5.41) is 5.75. The van der Waals surface area contributed by atoms with Gasteiger partial charge in [0.05, 0.1) is 5.52 Å². The summed E-state index contributed by atoms with van der Waals surface area (Å²) in [6.07, 6.45) is 0. The third-order valence-corrected chi connectivity index (χ3v) is 6.55. The van der Waals surface area contributed by atoms with E-state index in [1.807, 2.05) is 4.68 Å². The molecule has 0 aliphatic rings. The van der Waals surface area contributed by atoms with Crippen molar-refractivity contribution in [1.29, 1.82) is 0 Å². The van der Waals surface area contributed by atoms with Gasteiger partial charge in [0.15, 0.2) is 0 Å². The van der Waals surface area contributed by atoms with Crippen LogP contribution in [0.25, 0.3) is 10.9 Å². The summed E-state index contributed by atoms with van der Waals surface area (Å²) in [6, 6.07) is 5.49. The van der Waals surface area contributed by atoms with E-state index in [1.165, 1.54) is 17.0 Å². The monoisotopic (exact) mass is 466 g/mol. The highest BCUT2D eigenvalue weighted by Crippen LogP contribution is 2.27. The van der Waals surface area contributed by atoms with Gasteiger partial charge in [-0.05, 0) is 53.3 Å². The Hall–Kier alpha value is 0.0769. The minimum absolute atomic E-state index is 0.533. The van der Waals surface area contributed by atoms with Crippen LogP contribution in [-0.4, -0.2) is 24.5 Å². The fourth-order valence-corrected chi connectivity index (χ4v) is 3.68. The van der Waals surface area contributed by atoms with E-state index in [0.717, 1.165) is 20.3 Å². The highest BCUT2D eigenvalue weighted by molar-refractivity contribution is 14.1. The average molecular weight is 467 g/mol. The van der Waals surface area contributed by atoms with Gasteiger partial charge in [0.2, 0.25) is 0 Å². The van der Waals surface area contributed by atoms with Gasteiger partial charge < -0.3 is 4.74 Å². The van der Waals surface area contributed by atoms with Crippen molar-refractivity contribution in [2.45, 2.75) is 39.3 Å². The Balaban J connectivity index is 2.13. The predicted molar refractivity (Wildman–Crippen MR) is 99.0 cm³/mol. The molecule has 0 fully saturated rings. The topological polar surface area (TPSA) is 27.1 Å². The fourth-order valence-electron chi connectivity index (χ4n) is 1.89. The lowest BCUT2D eigenvalue weighted by atomic mass is 10.2. The second-order valence-electron chi connectivity index (χ2n) is 6.26. The Labute approximate surface area is 143 Å². The third-order valence-electron chi connectivity index (χ3n) is 3.20. The first-order valence-corrected chi connectivity index (χ1v) is 12.3. The number of nitrogens with zero attached hydrogens (tertiary/aromatic N) is 2. The van der Waals surface area contributed by atoms with Crippen LogP contribution in [0, 0.1) is 10.6 Å². The van der Waals surface area contributed by atoms with Crippen LogP contribution in [0.5, 0.6) is 0 Å². The number of aryl methyl sites for hydroxylation is 1. The summed E-state index contributed by atoms with van der Waals surface area (Å²) in [5.41, 5.74) is 2.36. The number of rotatable bonds is 5. The lowest BCUT2D eigenvalue weighted by Crippen LogP contribution is -2.22. The molecule has 0 unspecified atom stereocenters. The molecule has 2 aromatic rings. The molecule has 0 radical (unpaired) electrons. The Kier molecular flexibility index (Phi) is 5.31. The molecule has 0 atom stereocenters. The van der Waals surface area contributed by atoms with Crippen LogP contribution in [0.4, 0.5) is 0 Å². The van der Waals surface area contributed by atoms with Gasteiger partial charge in [0.25, 0.3) is 0 Å². The molecule has 6 heteroatoms. The summed E-state index contributed by atoms with van der Waals surface area (Å²) in [5.74, 6) is 0. The molecular formula is C14H20BrIN2OSi. The highest BCUT2D eigenvalue weighted by atomic mass is 127. The van der Waals surface area contributed by atoms with Crippen molar-refractivity contribution in [3.8, 4) is 0 Å². The summed E-state index contributed by atoms with van der Waals surface area (Å²) in [6.45, 7) is 10.5. The molecule has 0 spiro atoms. The maximum atomic E-state index is 5.81. The van der Waals surface area contributed by atoms with Crippen molar-refractivity contribution >= 4 is 57.5 Å². The van der Waals surface area contributed by atoms with Crippen LogP contribution in [-0.2, 0) is 11.5 Å². The number of ether oxygens (including phenoxy) is 1. The highest BCUT2D eigenvalue weighted by Gasteiger charge is 2.13. The van der Waals surface area contributed by atoms with E-state index in [0.29, 0.717) is 6.73 Å². The van der Waals surface area contributed by atoms with E-state index in [4.69, 9.17) is 4.74 Å². The molecule has 0 aliphatic carbocycles. The molecule has 0 saturated heterocycles. The average Bonchev–Trinajstić information content (AvgIpc) is 2.62.